The lowest BCUT2D eigenvalue weighted by atomic mass is 10.1. The van der Waals surface area contributed by atoms with Crippen molar-refractivity contribution >= 4 is 23.6 Å². The predicted molar refractivity (Wildman–Crippen MR) is 95.0 cm³/mol. The topological polar surface area (TPSA) is 73.2 Å². The number of nitrogens with zero attached hydrogens (tertiary/aromatic N) is 2. The van der Waals surface area contributed by atoms with Gasteiger partial charge in [0.1, 0.15) is 6.04 Å². The fourth-order valence-electron chi connectivity index (χ4n) is 2.54. The number of carbonyl (C=O) groups is 2. The Hall–Kier alpha value is -2.26. The molecule has 126 valence electrons. The summed E-state index contributed by atoms with van der Waals surface area (Å²) in [6.07, 6.45) is 2.68. The molecule has 1 aliphatic heterocycles. The summed E-state index contributed by atoms with van der Waals surface area (Å²) in [4.78, 5) is 26.5. The minimum Gasteiger partial charge on any atom is -0.350 e. The molecule has 2 rings (SSSR count). The van der Waals surface area contributed by atoms with Crippen LogP contribution in [-0.4, -0.2) is 34.4 Å². The fraction of sp³-hybridized carbons (Fsp3) is 0.389. The normalized spacial score (nSPS) is 17.5. The summed E-state index contributed by atoms with van der Waals surface area (Å²) >= 11 is 1.58. The first-order valence-corrected chi connectivity index (χ1v) is 9.04. The van der Waals surface area contributed by atoms with Gasteiger partial charge in [-0.25, -0.2) is 0 Å². The number of benzene rings is 1. The molecule has 1 aromatic rings. The van der Waals surface area contributed by atoms with Gasteiger partial charge in [0.15, 0.2) is 0 Å². The molecule has 0 aliphatic carbocycles. The Morgan fingerprint density at radius 3 is 3.00 bits per heavy atom. The number of hydrogen-bond acceptors (Lipinski definition) is 4. The first kappa shape index (κ1) is 18.1. The molecular weight excluding hydrogens is 322 g/mol. The van der Waals surface area contributed by atoms with Gasteiger partial charge in [-0.15, -0.1) is 11.8 Å². The molecule has 1 aromatic carbocycles. The minimum absolute atomic E-state index is 0.0755. The van der Waals surface area contributed by atoms with Crippen molar-refractivity contribution in [3.63, 3.8) is 0 Å². The molecule has 0 spiro atoms. The molecule has 1 heterocycles. The summed E-state index contributed by atoms with van der Waals surface area (Å²) in [6, 6.07) is 8.77. The van der Waals surface area contributed by atoms with Crippen LogP contribution >= 0.6 is 11.8 Å². The van der Waals surface area contributed by atoms with Gasteiger partial charge >= 0.3 is 0 Å². The third-order valence-corrected chi connectivity index (χ3v) is 4.83. The van der Waals surface area contributed by atoms with Gasteiger partial charge in [0.05, 0.1) is 17.5 Å². The van der Waals surface area contributed by atoms with E-state index in [1.165, 1.54) is 0 Å². The Kier molecular flexibility index (Phi) is 6.44. The second-order valence-electron chi connectivity index (χ2n) is 5.62. The van der Waals surface area contributed by atoms with E-state index in [1.807, 2.05) is 19.1 Å². The number of nitrogens with one attached hydrogen (secondary N) is 1. The van der Waals surface area contributed by atoms with Gasteiger partial charge in [-0.3, -0.25) is 9.59 Å². The Balaban J connectivity index is 1.99. The number of hydrogen-bond donors (Lipinski definition) is 1. The highest BCUT2D eigenvalue weighted by Crippen LogP contribution is 2.23. The van der Waals surface area contributed by atoms with Gasteiger partial charge in [-0.1, -0.05) is 25.1 Å². The number of rotatable bonds is 5. The Morgan fingerprint density at radius 1 is 1.50 bits per heavy atom. The molecule has 24 heavy (non-hydrogen) atoms. The van der Waals surface area contributed by atoms with Gasteiger partial charge < -0.3 is 10.2 Å². The van der Waals surface area contributed by atoms with E-state index < -0.39 is 6.04 Å². The van der Waals surface area contributed by atoms with Crippen molar-refractivity contribution < 1.29 is 9.59 Å². The number of amides is 2. The maximum atomic E-state index is 12.5. The lowest BCUT2D eigenvalue weighted by Crippen LogP contribution is -2.47. The van der Waals surface area contributed by atoms with Crippen LogP contribution in [0.3, 0.4) is 0 Å². The third kappa shape index (κ3) is 4.39. The zero-order chi connectivity index (χ0) is 17.5. The van der Waals surface area contributed by atoms with Gasteiger partial charge in [0.25, 0.3) is 5.91 Å². The van der Waals surface area contributed by atoms with Gasteiger partial charge in [0.2, 0.25) is 5.91 Å². The van der Waals surface area contributed by atoms with Gasteiger partial charge in [-0.2, -0.15) is 5.26 Å². The van der Waals surface area contributed by atoms with E-state index in [0.29, 0.717) is 29.3 Å². The molecule has 5 nitrogen and oxygen atoms in total. The zero-order valence-electron chi connectivity index (χ0n) is 13.9. The number of allylic oxidation sites excluding steroid dienone is 1. The largest absolute Gasteiger partial charge is 0.350 e. The van der Waals surface area contributed by atoms with Gasteiger partial charge in [0, 0.05) is 17.9 Å². The number of nitriles is 1. The summed E-state index contributed by atoms with van der Waals surface area (Å²) in [7, 11) is 0. The highest BCUT2D eigenvalue weighted by molar-refractivity contribution is 7.99. The van der Waals surface area contributed by atoms with E-state index in [9.17, 15) is 9.59 Å². The first-order chi connectivity index (χ1) is 11.6. The molecule has 2 amide bonds. The summed E-state index contributed by atoms with van der Waals surface area (Å²) in [5.74, 6) is 0.916. The van der Waals surface area contributed by atoms with Crippen molar-refractivity contribution in [3.8, 4) is 6.07 Å². The first-order valence-electron chi connectivity index (χ1n) is 7.89. The fourth-order valence-corrected chi connectivity index (χ4v) is 3.69. The molecule has 0 saturated carbocycles. The van der Waals surface area contributed by atoms with Crippen LogP contribution in [0.2, 0.25) is 0 Å². The SMILES string of the molecule is CC/C=C(/C)C(=O)N1CSC[C@H]1C(=O)NCc1cccc(C#N)c1. The van der Waals surface area contributed by atoms with Crippen molar-refractivity contribution in [3.05, 3.63) is 47.0 Å². The predicted octanol–water partition coefficient (Wildman–Crippen LogP) is 2.43. The van der Waals surface area contributed by atoms with E-state index in [4.69, 9.17) is 5.26 Å². The molecule has 0 aromatic heterocycles. The van der Waals surface area contributed by atoms with Crippen molar-refractivity contribution in [2.24, 2.45) is 0 Å². The molecular formula is C18H21N3O2S. The van der Waals surface area contributed by atoms with E-state index in [0.717, 1.165) is 12.0 Å². The van der Waals surface area contributed by atoms with E-state index in [-0.39, 0.29) is 11.8 Å². The van der Waals surface area contributed by atoms with Crippen molar-refractivity contribution in [2.45, 2.75) is 32.9 Å². The Morgan fingerprint density at radius 2 is 2.29 bits per heavy atom. The molecule has 1 atom stereocenters. The van der Waals surface area contributed by atoms with Gasteiger partial charge in [-0.05, 0) is 31.0 Å². The lowest BCUT2D eigenvalue weighted by molar-refractivity contribution is -0.135. The second-order valence-corrected chi connectivity index (χ2v) is 6.62. The van der Waals surface area contributed by atoms with Crippen molar-refractivity contribution in [1.82, 2.24) is 10.2 Å². The lowest BCUT2D eigenvalue weighted by Gasteiger charge is -2.23. The Labute approximate surface area is 146 Å². The quantitative estimate of drug-likeness (QED) is 0.834. The van der Waals surface area contributed by atoms with Crippen LogP contribution < -0.4 is 5.32 Å². The molecule has 1 saturated heterocycles. The average Bonchev–Trinajstić information content (AvgIpc) is 3.09. The second kappa shape index (κ2) is 8.55. The molecule has 0 unspecified atom stereocenters. The molecule has 1 aliphatic rings. The monoisotopic (exact) mass is 343 g/mol. The minimum atomic E-state index is -0.443. The van der Waals surface area contributed by atoms with Crippen LogP contribution in [-0.2, 0) is 16.1 Å². The van der Waals surface area contributed by atoms with E-state index in [2.05, 4.69) is 11.4 Å². The highest BCUT2D eigenvalue weighted by atomic mass is 32.2. The summed E-state index contributed by atoms with van der Waals surface area (Å²) in [6.45, 7) is 4.12. The van der Waals surface area contributed by atoms with Crippen molar-refractivity contribution in [2.75, 3.05) is 11.6 Å². The number of thioether (sulfide) groups is 1. The highest BCUT2D eigenvalue weighted by Gasteiger charge is 2.34. The standard InChI is InChI=1S/C18H21N3O2S/c1-3-5-13(2)18(23)21-12-24-11-16(21)17(22)20-10-15-7-4-6-14(8-15)9-19/h4-8,16H,3,10-12H2,1-2H3,(H,20,22)/b13-5-/t16-/m0/s1. The van der Waals surface area contributed by atoms with Crippen LogP contribution in [0.4, 0.5) is 0 Å². The van der Waals surface area contributed by atoms with Crippen LogP contribution in [0.5, 0.6) is 0 Å². The van der Waals surface area contributed by atoms with Crippen LogP contribution in [0.15, 0.2) is 35.9 Å². The molecule has 0 bridgehead atoms. The van der Waals surface area contributed by atoms with Crippen LogP contribution in [0.1, 0.15) is 31.4 Å². The van der Waals surface area contributed by atoms with E-state index >= 15 is 0 Å². The average molecular weight is 343 g/mol. The van der Waals surface area contributed by atoms with E-state index in [1.54, 1.807) is 41.8 Å². The smallest absolute Gasteiger partial charge is 0.250 e. The third-order valence-electron chi connectivity index (χ3n) is 3.82. The Bertz CT molecular complexity index is 694. The maximum absolute atomic E-state index is 12.5. The summed E-state index contributed by atoms with van der Waals surface area (Å²) < 4.78 is 0. The summed E-state index contributed by atoms with van der Waals surface area (Å²) in [5, 5.41) is 11.8. The van der Waals surface area contributed by atoms with Crippen LogP contribution in [0, 0.1) is 11.3 Å². The maximum Gasteiger partial charge on any atom is 0.250 e. The molecule has 1 fully saturated rings. The number of carbonyl (C=O) groups excluding carboxylic acids is 2. The van der Waals surface area contributed by atoms with Crippen molar-refractivity contribution in [1.29, 1.82) is 5.26 Å². The molecule has 0 radical (unpaired) electrons. The zero-order valence-corrected chi connectivity index (χ0v) is 14.7. The molecule has 6 heteroatoms. The molecule has 1 N–H and O–H groups in total. The van der Waals surface area contributed by atoms with Crippen LogP contribution in [0.25, 0.3) is 0 Å². The summed E-state index contributed by atoms with van der Waals surface area (Å²) in [5.41, 5.74) is 2.11.